The molecule has 68 valence electrons. The second kappa shape index (κ2) is 4.52. The van der Waals surface area contributed by atoms with Crippen molar-refractivity contribution in [2.24, 2.45) is 0 Å². The number of aliphatic hydroxyl groups is 1. The first-order valence-corrected chi connectivity index (χ1v) is 3.79. The van der Waals surface area contributed by atoms with Gasteiger partial charge in [-0.15, -0.1) is 0 Å². The van der Waals surface area contributed by atoms with Crippen LogP contribution in [0.15, 0.2) is 24.3 Å². The molecule has 0 aliphatic heterocycles. The smallest absolute Gasteiger partial charge is 0.142 e. The molecule has 1 aromatic rings. The predicted molar refractivity (Wildman–Crippen MR) is 47.4 cm³/mol. The molecule has 0 fully saturated rings. The molecule has 1 N–H and O–H groups in total. The van der Waals surface area contributed by atoms with Gasteiger partial charge in [0.05, 0.1) is 6.61 Å². The van der Waals surface area contributed by atoms with E-state index in [1.54, 1.807) is 0 Å². The third-order valence-electron chi connectivity index (χ3n) is 1.63. The first kappa shape index (κ1) is 9.61. The molecule has 0 saturated carbocycles. The SMILES string of the molecule is O=CC=Cc1cc(F)ccc1CO. The van der Waals surface area contributed by atoms with Crippen LogP contribution in [0.4, 0.5) is 4.39 Å². The highest BCUT2D eigenvalue weighted by Gasteiger charge is 1.99. The molecule has 0 unspecified atom stereocenters. The van der Waals surface area contributed by atoms with Gasteiger partial charge in [0.1, 0.15) is 12.1 Å². The second-order valence-corrected chi connectivity index (χ2v) is 2.50. The third-order valence-corrected chi connectivity index (χ3v) is 1.63. The Hall–Kier alpha value is -1.48. The largest absolute Gasteiger partial charge is 0.392 e. The van der Waals surface area contributed by atoms with Crippen molar-refractivity contribution in [3.05, 3.63) is 41.2 Å². The van der Waals surface area contributed by atoms with Crippen LogP contribution in [-0.4, -0.2) is 11.4 Å². The molecule has 1 rings (SSSR count). The Labute approximate surface area is 75.3 Å². The van der Waals surface area contributed by atoms with Gasteiger partial charge in [-0.05, 0) is 29.3 Å². The van der Waals surface area contributed by atoms with Crippen molar-refractivity contribution in [3.8, 4) is 0 Å². The number of halogens is 1. The number of aliphatic hydroxyl groups excluding tert-OH is 1. The van der Waals surface area contributed by atoms with Crippen molar-refractivity contribution in [2.45, 2.75) is 6.61 Å². The molecule has 0 atom stereocenters. The zero-order chi connectivity index (χ0) is 9.68. The Balaban J connectivity index is 3.07. The summed E-state index contributed by atoms with van der Waals surface area (Å²) >= 11 is 0. The summed E-state index contributed by atoms with van der Waals surface area (Å²) in [6, 6.07) is 4.02. The molecule has 0 heterocycles. The van der Waals surface area contributed by atoms with E-state index in [0.29, 0.717) is 17.4 Å². The number of hydrogen-bond donors (Lipinski definition) is 1. The van der Waals surface area contributed by atoms with Gasteiger partial charge in [-0.1, -0.05) is 12.1 Å². The van der Waals surface area contributed by atoms with E-state index in [4.69, 9.17) is 5.11 Å². The number of carbonyl (C=O) groups excluding carboxylic acids is 1. The highest BCUT2D eigenvalue weighted by molar-refractivity contribution is 5.74. The lowest BCUT2D eigenvalue weighted by atomic mass is 10.1. The fourth-order valence-electron chi connectivity index (χ4n) is 1.01. The number of allylic oxidation sites excluding steroid dienone is 1. The molecular formula is C10H9FO2. The van der Waals surface area contributed by atoms with Crippen molar-refractivity contribution >= 4 is 12.4 Å². The van der Waals surface area contributed by atoms with Gasteiger partial charge in [0.2, 0.25) is 0 Å². The molecule has 0 aromatic heterocycles. The minimum atomic E-state index is -0.386. The fourth-order valence-corrected chi connectivity index (χ4v) is 1.01. The molecule has 0 saturated heterocycles. The van der Waals surface area contributed by atoms with Crippen LogP contribution in [0.25, 0.3) is 6.08 Å². The molecule has 0 aliphatic carbocycles. The van der Waals surface area contributed by atoms with Gasteiger partial charge >= 0.3 is 0 Å². The number of hydrogen-bond acceptors (Lipinski definition) is 2. The number of benzene rings is 1. The van der Waals surface area contributed by atoms with Crippen molar-refractivity contribution < 1.29 is 14.3 Å². The van der Waals surface area contributed by atoms with Gasteiger partial charge in [-0.3, -0.25) is 4.79 Å². The van der Waals surface area contributed by atoms with E-state index in [-0.39, 0.29) is 12.4 Å². The van der Waals surface area contributed by atoms with Crippen LogP contribution < -0.4 is 0 Å². The van der Waals surface area contributed by atoms with Crippen LogP contribution >= 0.6 is 0 Å². The maximum Gasteiger partial charge on any atom is 0.142 e. The summed E-state index contributed by atoms with van der Waals surface area (Å²) in [5.74, 6) is -0.386. The number of carbonyl (C=O) groups is 1. The quantitative estimate of drug-likeness (QED) is 0.565. The van der Waals surface area contributed by atoms with E-state index in [0.717, 1.165) is 0 Å². The summed E-state index contributed by atoms with van der Waals surface area (Å²) in [6.07, 6.45) is 3.32. The lowest BCUT2D eigenvalue weighted by molar-refractivity contribution is -0.104. The Morgan fingerprint density at radius 2 is 2.23 bits per heavy atom. The van der Waals surface area contributed by atoms with E-state index >= 15 is 0 Å². The van der Waals surface area contributed by atoms with Gasteiger partial charge in [-0.25, -0.2) is 4.39 Å². The first-order valence-electron chi connectivity index (χ1n) is 3.79. The normalized spacial score (nSPS) is 10.6. The van der Waals surface area contributed by atoms with Crippen LogP contribution in [0, 0.1) is 5.82 Å². The maximum absolute atomic E-state index is 12.7. The number of rotatable bonds is 3. The molecule has 0 aliphatic rings. The Morgan fingerprint density at radius 3 is 2.85 bits per heavy atom. The topological polar surface area (TPSA) is 37.3 Å². The number of aldehydes is 1. The Kier molecular flexibility index (Phi) is 3.34. The van der Waals surface area contributed by atoms with Crippen molar-refractivity contribution in [1.82, 2.24) is 0 Å². The average molecular weight is 180 g/mol. The summed E-state index contributed by atoms with van der Waals surface area (Å²) in [5, 5.41) is 8.86. The Morgan fingerprint density at radius 1 is 1.46 bits per heavy atom. The van der Waals surface area contributed by atoms with Crippen molar-refractivity contribution in [1.29, 1.82) is 0 Å². The lowest BCUT2D eigenvalue weighted by Crippen LogP contribution is -1.89. The molecule has 1 aromatic carbocycles. The monoisotopic (exact) mass is 180 g/mol. The van der Waals surface area contributed by atoms with Gasteiger partial charge < -0.3 is 5.11 Å². The van der Waals surface area contributed by atoms with Crippen molar-refractivity contribution in [3.63, 3.8) is 0 Å². The molecule has 0 bridgehead atoms. The summed E-state index contributed by atoms with van der Waals surface area (Å²) < 4.78 is 12.7. The lowest BCUT2D eigenvalue weighted by Gasteiger charge is -2.01. The first-order chi connectivity index (χ1) is 6.27. The Bertz CT molecular complexity index is 332. The summed E-state index contributed by atoms with van der Waals surface area (Å²) in [4.78, 5) is 10.0. The van der Waals surface area contributed by atoms with Crippen LogP contribution in [0.3, 0.4) is 0 Å². The minimum Gasteiger partial charge on any atom is -0.392 e. The van der Waals surface area contributed by atoms with E-state index in [2.05, 4.69) is 0 Å². The highest BCUT2D eigenvalue weighted by Crippen LogP contribution is 2.12. The van der Waals surface area contributed by atoms with Crippen LogP contribution in [0.5, 0.6) is 0 Å². The molecular weight excluding hydrogens is 171 g/mol. The van der Waals surface area contributed by atoms with E-state index < -0.39 is 0 Å². The van der Waals surface area contributed by atoms with E-state index in [9.17, 15) is 9.18 Å². The molecule has 0 radical (unpaired) electrons. The molecule has 13 heavy (non-hydrogen) atoms. The minimum absolute atomic E-state index is 0.168. The molecule has 3 heteroatoms. The van der Waals surface area contributed by atoms with E-state index in [1.807, 2.05) is 0 Å². The predicted octanol–water partition coefficient (Wildman–Crippen LogP) is 1.53. The standard InChI is InChI=1S/C10H9FO2/c11-10-4-3-9(7-13)8(6-10)2-1-5-12/h1-6,13H,7H2. The second-order valence-electron chi connectivity index (χ2n) is 2.50. The van der Waals surface area contributed by atoms with Crippen molar-refractivity contribution in [2.75, 3.05) is 0 Å². The summed E-state index contributed by atoms with van der Waals surface area (Å²) in [7, 11) is 0. The highest BCUT2D eigenvalue weighted by atomic mass is 19.1. The van der Waals surface area contributed by atoms with Crippen LogP contribution in [0.2, 0.25) is 0 Å². The van der Waals surface area contributed by atoms with Gasteiger partial charge in [0, 0.05) is 0 Å². The van der Waals surface area contributed by atoms with Crippen LogP contribution in [0.1, 0.15) is 11.1 Å². The van der Waals surface area contributed by atoms with E-state index in [1.165, 1.54) is 30.4 Å². The van der Waals surface area contributed by atoms with Gasteiger partial charge in [0.25, 0.3) is 0 Å². The third kappa shape index (κ3) is 2.49. The molecule has 2 nitrogen and oxygen atoms in total. The zero-order valence-corrected chi connectivity index (χ0v) is 6.90. The summed E-state index contributed by atoms with van der Waals surface area (Å²) in [6.45, 7) is -0.168. The van der Waals surface area contributed by atoms with Crippen LogP contribution in [-0.2, 0) is 11.4 Å². The average Bonchev–Trinajstić information content (AvgIpc) is 2.15. The fraction of sp³-hybridized carbons (Fsp3) is 0.100. The maximum atomic E-state index is 12.7. The summed E-state index contributed by atoms with van der Waals surface area (Å²) in [5.41, 5.74) is 1.12. The van der Waals surface area contributed by atoms with Gasteiger partial charge in [0.15, 0.2) is 0 Å². The molecule has 0 spiro atoms. The zero-order valence-electron chi connectivity index (χ0n) is 6.90. The van der Waals surface area contributed by atoms with Gasteiger partial charge in [-0.2, -0.15) is 0 Å². The molecule has 0 amide bonds.